The van der Waals surface area contributed by atoms with Crippen LogP contribution in [0.3, 0.4) is 0 Å². The minimum absolute atomic E-state index is 0.169. The summed E-state index contributed by atoms with van der Waals surface area (Å²) in [5, 5.41) is 3.49. The highest BCUT2D eigenvalue weighted by molar-refractivity contribution is 8.14. The number of furan rings is 1. The van der Waals surface area contributed by atoms with Crippen LogP contribution in [0.1, 0.15) is 11.1 Å². The topological polar surface area (TPSA) is 88.9 Å². The fourth-order valence-electron chi connectivity index (χ4n) is 3.12. The molecule has 1 N–H and O–H groups in total. The molecule has 1 aromatic heterocycles. The second-order valence-electron chi connectivity index (χ2n) is 6.58. The third kappa shape index (κ3) is 4.12. The first-order chi connectivity index (χ1) is 14.0. The zero-order chi connectivity index (χ0) is 20.4. The monoisotopic (exact) mass is 410 g/mol. The summed E-state index contributed by atoms with van der Waals surface area (Å²) in [4.78, 5) is 37.0. The summed E-state index contributed by atoms with van der Waals surface area (Å²) in [5.74, 6) is 0.543. The molecule has 2 aromatic carbocycles. The van der Waals surface area contributed by atoms with E-state index < -0.39 is 0 Å². The number of carbonyl (C=O) groups is 3. The number of hydrogen-bond acceptors (Lipinski definition) is 6. The SMILES string of the molecule is COc1ccc2c(CC(=O)Nc3ccc(CN4C(=O)CSC4=O)cc3)coc2c1. The predicted octanol–water partition coefficient (Wildman–Crippen LogP) is 3.82. The van der Waals surface area contributed by atoms with E-state index in [2.05, 4.69) is 5.32 Å². The first-order valence-electron chi connectivity index (χ1n) is 8.93. The van der Waals surface area contributed by atoms with Gasteiger partial charge in [-0.1, -0.05) is 23.9 Å². The van der Waals surface area contributed by atoms with E-state index in [1.165, 1.54) is 4.90 Å². The van der Waals surface area contributed by atoms with E-state index in [4.69, 9.17) is 9.15 Å². The Kier molecular flexibility index (Phi) is 5.26. The number of anilines is 1. The first kappa shape index (κ1) is 19.1. The molecule has 148 valence electrons. The van der Waals surface area contributed by atoms with Gasteiger partial charge in [0.15, 0.2) is 0 Å². The summed E-state index contributed by atoms with van der Waals surface area (Å²) >= 11 is 1.01. The fraction of sp³-hybridized carbons (Fsp3) is 0.190. The summed E-state index contributed by atoms with van der Waals surface area (Å²) in [6.45, 7) is 0.239. The van der Waals surface area contributed by atoms with Crippen LogP contribution in [0, 0.1) is 0 Å². The standard InChI is InChI=1S/C21H18N2O5S/c1-27-16-6-7-17-14(11-28-18(17)9-16)8-19(24)22-15-4-2-13(3-5-15)10-23-20(25)12-29-21(23)26/h2-7,9,11H,8,10,12H2,1H3,(H,22,24). The molecule has 8 heteroatoms. The molecule has 7 nitrogen and oxygen atoms in total. The molecule has 1 aliphatic rings. The minimum atomic E-state index is -0.225. The van der Waals surface area contributed by atoms with E-state index >= 15 is 0 Å². The van der Waals surface area contributed by atoms with Gasteiger partial charge in [0.2, 0.25) is 11.8 Å². The molecule has 1 fully saturated rings. The van der Waals surface area contributed by atoms with E-state index in [0.29, 0.717) is 17.0 Å². The number of thioether (sulfide) groups is 1. The van der Waals surface area contributed by atoms with Crippen molar-refractivity contribution in [1.82, 2.24) is 4.90 Å². The lowest BCUT2D eigenvalue weighted by atomic mass is 10.1. The number of hydrogen-bond donors (Lipinski definition) is 1. The minimum Gasteiger partial charge on any atom is -0.497 e. The molecule has 0 atom stereocenters. The van der Waals surface area contributed by atoms with Crippen molar-refractivity contribution in [2.75, 3.05) is 18.2 Å². The van der Waals surface area contributed by atoms with E-state index in [9.17, 15) is 14.4 Å². The number of methoxy groups -OCH3 is 1. The molecule has 3 aromatic rings. The van der Waals surface area contributed by atoms with Crippen LogP contribution in [0.2, 0.25) is 0 Å². The fourth-order valence-corrected chi connectivity index (χ4v) is 3.84. The highest BCUT2D eigenvalue weighted by Gasteiger charge is 2.29. The van der Waals surface area contributed by atoms with E-state index in [0.717, 1.165) is 28.3 Å². The van der Waals surface area contributed by atoms with Gasteiger partial charge in [-0.15, -0.1) is 0 Å². The molecule has 1 aliphatic heterocycles. The van der Waals surface area contributed by atoms with Gasteiger partial charge in [0.1, 0.15) is 11.3 Å². The smallest absolute Gasteiger partial charge is 0.289 e. The molecule has 1 saturated heterocycles. The average molecular weight is 410 g/mol. The lowest BCUT2D eigenvalue weighted by Crippen LogP contribution is -2.27. The Morgan fingerprint density at radius 3 is 2.69 bits per heavy atom. The Morgan fingerprint density at radius 1 is 1.21 bits per heavy atom. The Balaban J connectivity index is 1.38. The summed E-state index contributed by atoms with van der Waals surface area (Å²) in [6, 6.07) is 12.6. The summed E-state index contributed by atoms with van der Waals surface area (Å²) < 4.78 is 10.7. The Hall–Kier alpha value is -3.26. The maximum Gasteiger partial charge on any atom is 0.289 e. The van der Waals surface area contributed by atoms with E-state index in [1.54, 1.807) is 43.7 Å². The normalized spacial score (nSPS) is 13.9. The highest BCUT2D eigenvalue weighted by Crippen LogP contribution is 2.26. The van der Waals surface area contributed by atoms with Crippen LogP contribution in [0.15, 0.2) is 53.1 Å². The molecular formula is C21H18N2O5S. The Morgan fingerprint density at radius 2 is 2.00 bits per heavy atom. The molecule has 0 radical (unpaired) electrons. The van der Waals surface area contributed by atoms with Crippen molar-refractivity contribution in [2.24, 2.45) is 0 Å². The predicted molar refractivity (Wildman–Crippen MR) is 110 cm³/mol. The average Bonchev–Trinajstić information content (AvgIpc) is 3.26. The summed E-state index contributed by atoms with van der Waals surface area (Å²) in [7, 11) is 1.59. The van der Waals surface area contributed by atoms with Gasteiger partial charge in [-0.2, -0.15) is 0 Å². The van der Waals surface area contributed by atoms with Crippen LogP contribution < -0.4 is 10.1 Å². The molecule has 29 heavy (non-hydrogen) atoms. The molecule has 0 aliphatic carbocycles. The number of nitrogens with zero attached hydrogens (tertiary/aromatic N) is 1. The number of imide groups is 1. The van der Waals surface area contributed by atoms with Crippen LogP contribution in [0.5, 0.6) is 5.75 Å². The van der Waals surface area contributed by atoms with E-state index in [-0.39, 0.29) is 35.8 Å². The van der Waals surface area contributed by atoms with Crippen molar-refractivity contribution < 1.29 is 23.5 Å². The largest absolute Gasteiger partial charge is 0.497 e. The van der Waals surface area contributed by atoms with Gasteiger partial charge >= 0.3 is 0 Å². The maximum absolute atomic E-state index is 12.4. The number of benzene rings is 2. The lowest BCUT2D eigenvalue weighted by Gasteiger charge is -2.13. The molecule has 4 rings (SSSR count). The highest BCUT2D eigenvalue weighted by atomic mass is 32.2. The third-order valence-corrected chi connectivity index (χ3v) is 5.49. The van der Waals surface area contributed by atoms with Crippen LogP contribution in [-0.2, 0) is 22.6 Å². The second-order valence-corrected chi connectivity index (χ2v) is 7.51. The molecule has 0 bridgehead atoms. The van der Waals surface area contributed by atoms with Crippen molar-refractivity contribution in [1.29, 1.82) is 0 Å². The van der Waals surface area contributed by atoms with Crippen LogP contribution in [0.4, 0.5) is 10.5 Å². The van der Waals surface area contributed by atoms with Crippen molar-refractivity contribution in [3.63, 3.8) is 0 Å². The number of nitrogens with one attached hydrogen (secondary N) is 1. The lowest BCUT2D eigenvalue weighted by molar-refractivity contribution is -0.125. The maximum atomic E-state index is 12.4. The third-order valence-electron chi connectivity index (χ3n) is 4.63. The summed E-state index contributed by atoms with van der Waals surface area (Å²) in [5.41, 5.74) is 2.92. The van der Waals surface area contributed by atoms with Crippen molar-refractivity contribution in [3.05, 3.63) is 59.9 Å². The number of ether oxygens (including phenoxy) is 1. The van der Waals surface area contributed by atoms with Gasteiger partial charge in [-0.25, -0.2) is 0 Å². The second kappa shape index (κ2) is 8.00. The Bertz CT molecular complexity index is 1070. The quantitative estimate of drug-likeness (QED) is 0.665. The number of fused-ring (bicyclic) bond motifs is 1. The number of carbonyl (C=O) groups excluding carboxylic acids is 3. The van der Waals surface area contributed by atoms with Crippen molar-refractivity contribution in [3.8, 4) is 5.75 Å². The van der Waals surface area contributed by atoms with Crippen molar-refractivity contribution in [2.45, 2.75) is 13.0 Å². The van der Waals surface area contributed by atoms with Gasteiger partial charge in [-0.05, 0) is 29.8 Å². The van der Waals surface area contributed by atoms with Gasteiger partial charge in [-0.3, -0.25) is 19.3 Å². The van der Waals surface area contributed by atoms with Crippen LogP contribution in [0.25, 0.3) is 11.0 Å². The summed E-state index contributed by atoms with van der Waals surface area (Å²) in [6.07, 6.45) is 1.75. The first-order valence-corrected chi connectivity index (χ1v) is 9.92. The van der Waals surface area contributed by atoms with Gasteiger partial charge in [0, 0.05) is 22.7 Å². The zero-order valence-electron chi connectivity index (χ0n) is 15.6. The van der Waals surface area contributed by atoms with Gasteiger partial charge in [0.05, 0.1) is 32.1 Å². The Labute approximate surface area is 171 Å². The van der Waals surface area contributed by atoms with Crippen LogP contribution >= 0.6 is 11.8 Å². The van der Waals surface area contributed by atoms with Gasteiger partial charge < -0.3 is 14.5 Å². The molecule has 2 heterocycles. The molecule has 0 spiro atoms. The molecule has 3 amide bonds. The van der Waals surface area contributed by atoms with E-state index in [1.807, 2.05) is 12.1 Å². The molecular weight excluding hydrogens is 392 g/mol. The van der Waals surface area contributed by atoms with Crippen LogP contribution in [-0.4, -0.2) is 34.8 Å². The molecule has 0 unspecified atom stereocenters. The van der Waals surface area contributed by atoms with Crippen molar-refractivity contribution >= 4 is 45.5 Å². The van der Waals surface area contributed by atoms with Gasteiger partial charge in [0.25, 0.3) is 5.24 Å². The molecule has 0 saturated carbocycles. The number of rotatable bonds is 6. The number of amides is 3. The zero-order valence-corrected chi connectivity index (χ0v) is 16.5.